The number of Topliss-reactive ketones (excluding diaryl/α,β-unsaturated/α-hetero) is 1. The molecule has 0 atom stereocenters. The molecule has 1 rings (SSSR count). The molecule has 0 saturated carbocycles. The van der Waals surface area contributed by atoms with E-state index in [2.05, 4.69) is 34.3 Å². The van der Waals surface area contributed by atoms with Crippen molar-refractivity contribution in [2.45, 2.75) is 23.6 Å². The highest BCUT2D eigenvalue weighted by atomic mass is 79.9. The lowest BCUT2D eigenvalue weighted by Crippen LogP contribution is -1.99. The van der Waals surface area contributed by atoms with Crippen LogP contribution in [0.2, 0.25) is 0 Å². The minimum atomic E-state index is 0.212. The van der Waals surface area contributed by atoms with E-state index in [0.29, 0.717) is 6.42 Å². The van der Waals surface area contributed by atoms with Crippen molar-refractivity contribution in [1.29, 1.82) is 0 Å². The maximum atomic E-state index is 11.0. The van der Waals surface area contributed by atoms with Crippen LogP contribution < -0.4 is 0 Å². The molecule has 14 heavy (non-hydrogen) atoms. The van der Waals surface area contributed by atoms with Gasteiger partial charge in [0, 0.05) is 16.6 Å². The van der Waals surface area contributed by atoms with Crippen LogP contribution in [0, 0.1) is 0 Å². The SMILES string of the molecule is CSc1ccc(CC(C)=O)c(CBr)c1. The van der Waals surface area contributed by atoms with E-state index in [0.717, 1.165) is 10.9 Å². The minimum Gasteiger partial charge on any atom is -0.300 e. The molecule has 0 heterocycles. The van der Waals surface area contributed by atoms with Crippen LogP contribution in [0.15, 0.2) is 23.1 Å². The van der Waals surface area contributed by atoms with Crippen molar-refractivity contribution in [2.24, 2.45) is 0 Å². The van der Waals surface area contributed by atoms with Crippen molar-refractivity contribution in [3.8, 4) is 0 Å². The number of carbonyl (C=O) groups excluding carboxylic acids is 1. The lowest BCUT2D eigenvalue weighted by molar-refractivity contribution is -0.116. The average Bonchev–Trinajstić information content (AvgIpc) is 2.17. The molecule has 0 bridgehead atoms. The zero-order chi connectivity index (χ0) is 10.6. The van der Waals surface area contributed by atoms with Gasteiger partial charge in [-0.25, -0.2) is 0 Å². The number of hydrogen-bond acceptors (Lipinski definition) is 2. The minimum absolute atomic E-state index is 0.212. The first-order valence-electron chi connectivity index (χ1n) is 4.38. The first-order valence-corrected chi connectivity index (χ1v) is 6.73. The van der Waals surface area contributed by atoms with E-state index in [1.54, 1.807) is 18.7 Å². The van der Waals surface area contributed by atoms with Gasteiger partial charge in [0.1, 0.15) is 5.78 Å². The Morgan fingerprint density at radius 2 is 2.14 bits per heavy atom. The van der Waals surface area contributed by atoms with Crippen LogP contribution in [0.5, 0.6) is 0 Å². The fourth-order valence-corrected chi connectivity index (χ4v) is 2.28. The maximum Gasteiger partial charge on any atom is 0.134 e. The Morgan fingerprint density at radius 1 is 1.43 bits per heavy atom. The number of ketones is 1. The standard InChI is InChI=1S/C11H13BrOS/c1-8(13)5-9-3-4-11(14-2)6-10(9)7-12/h3-4,6H,5,7H2,1-2H3. The Morgan fingerprint density at radius 3 is 2.64 bits per heavy atom. The monoisotopic (exact) mass is 272 g/mol. The summed E-state index contributed by atoms with van der Waals surface area (Å²) in [6, 6.07) is 6.25. The number of hydrogen-bond donors (Lipinski definition) is 0. The Bertz CT molecular complexity index is 336. The van der Waals surface area contributed by atoms with Crippen molar-refractivity contribution in [3.05, 3.63) is 29.3 Å². The number of rotatable bonds is 4. The third kappa shape index (κ3) is 3.14. The van der Waals surface area contributed by atoms with Gasteiger partial charge in [0.2, 0.25) is 0 Å². The molecule has 76 valence electrons. The molecule has 0 N–H and O–H groups in total. The molecular formula is C11H13BrOS. The van der Waals surface area contributed by atoms with Gasteiger partial charge >= 0.3 is 0 Å². The molecule has 0 radical (unpaired) electrons. The summed E-state index contributed by atoms with van der Waals surface area (Å²) in [6.07, 6.45) is 2.59. The van der Waals surface area contributed by atoms with Crippen LogP contribution in [-0.2, 0) is 16.5 Å². The summed E-state index contributed by atoms with van der Waals surface area (Å²) in [5, 5.41) is 0.810. The van der Waals surface area contributed by atoms with Gasteiger partial charge in [0.15, 0.2) is 0 Å². The molecule has 0 unspecified atom stereocenters. The number of halogens is 1. The summed E-state index contributed by atoms with van der Waals surface area (Å²) in [4.78, 5) is 12.3. The fourth-order valence-electron chi connectivity index (χ4n) is 1.29. The van der Waals surface area contributed by atoms with E-state index in [1.165, 1.54) is 10.5 Å². The Hall–Kier alpha value is -0.280. The van der Waals surface area contributed by atoms with Crippen molar-refractivity contribution in [2.75, 3.05) is 6.26 Å². The molecule has 0 fully saturated rings. The summed E-state index contributed by atoms with van der Waals surface area (Å²) < 4.78 is 0. The largest absolute Gasteiger partial charge is 0.300 e. The highest BCUT2D eigenvalue weighted by molar-refractivity contribution is 9.08. The Kier molecular flexibility index (Phi) is 4.69. The molecule has 0 spiro atoms. The number of thioether (sulfide) groups is 1. The average molecular weight is 273 g/mol. The van der Waals surface area contributed by atoms with Gasteiger partial charge in [-0.3, -0.25) is 4.79 Å². The highest BCUT2D eigenvalue weighted by Crippen LogP contribution is 2.21. The van der Waals surface area contributed by atoms with Crippen molar-refractivity contribution in [1.82, 2.24) is 0 Å². The molecule has 0 amide bonds. The van der Waals surface area contributed by atoms with Gasteiger partial charge in [-0.1, -0.05) is 22.0 Å². The molecule has 0 aliphatic rings. The fraction of sp³-hybridized carbons (Fsp3) is 0.364. The number of carbonyl (C=O) groups is 1. The van der Waals surface area contributed by atoms with Gasteiger partial charge in [-0.05, 0) is 36.4 Å². The third-order valence-electron chi connectivity index (χ3n) is 2.00. The van der Waals surface area contributed by atoms with Gasteiger partial charge in [0.25, 0.3) is 0 Å². The zero-order valence-electron chi connectivity index (χ0n) is 8.34. The lowest BCUT2D eigenvalue weighted by atomic mass is 10.0. The lowest BCUT2D eigenvalue weighted by Gasteiger charge is -2.07. The van der Waals surface area contributed by atoms with Crippen LogP contribution in [-0.4, -0.2) is 12.0 Å². The first kappa shape index (κ1) is 11.8. The van der Waals surface area contributed by atoms with E-state index in [9.17, 15) is 4.79 Å². The molecule has 0 saturated heterocycles. The molecular weight excluding hydrogens is 260 g/mol. The summed E-state index contributed by atoms with van der Waals surface area (Å²) >= 11 is 5.16. The van der Waals surface area contributed by atoms with Gasteiger partial charge < -0.3 is 0 Å². The maximum absolute atomic E-state index is 11.0. The van der Waals surface area contributed by atoms with E-state index in [1.807, 2.05) is 6.07 Å². The van der Waals surface area contributed by atoms with Gasteiger partial charge in [-0.15, -0.1) is 11.8 Å². The normalized spacial score (nSPS) is 10.2. The molecule has 0 aliphatic heterocycles. The van der Waals surface area contributed by atoms with Crippen molar-refractivity contribution in [3.63, 3.8) is 0 Å². The van der Waals surface area contributed by atoms with Crippen LogP contribution >= 0.6 is 27.7 Å². The highest BCUT2D eigenvalue weighted by Gasteiger charge is 2.04. The van der Waals surface area contributed by atoms with Crippen molar-refractivity contribution >= 4 is 33.5 Å². The molecule has 1 nitrogen and oxygen atoms in total. The second-order valence-electron chi connectivity index (χ2n) is 3.15. The number of benzene rings is 1. The van der Waals surface area contributed by atoms with Crippen LogP contribution in [0.25, 0.3) is 0 Å². The summed E-state index contributed by atoms with van der Waals surface area (Å²) in [5.41, 5.74) is 2.35. The topological polar surface area (TPSA) is 17.1 Å². The van der Waals surface area contributed by atoms with E-state index < -0.39 is 0 Å². The predicted octanol–water partition coefficient (Wildman–Crippen LogP) is 3.43. The smallest absolute Gasteiger partial charge is 0.134 e. The Balaban J connectivity index is 2.98. The quantitative estimate of drug-likeness (QED) is 0.617. The third-order valence-corrected chi connectivity index (χ3v) is 3.33. The Labute approximate surface area is 97.4 Å². The summed E-state index contributed by atoms with van der Waals surface area (Å²) in [5.74, 6) is 0.212. The van der Waals surface area contributed by atoms with Crippen LogP contribution in [0.4, 0.5) is 0 Å². The molecule has 1 aromatic carbocycles. The van der Waals surface area contributed by atoms with Crippen LogP contribution in [0.1, 0.15) is 18.1 Å². The molecule has 1 aromatic rings. The molecule has 0 aliphatic carbocycles. The van der Waals surface area contributed by atoms with E-state index in [4.69, 9.17) is 0 Å². The summed E-state index contributed by atoms with van der Waals surface area (Å²) in [7, 11) is 0. The zero-order valence-corrected chi connectivity index (χ0v) is 10.7. The van der Waals surface area contributed by atoms with Gasteiger partial charge in [-0.2, -0.15) is 0 Å². The first-order chi connectivity index (χ1) is 6.67. The second-order valence-corrected chi connectivity index (χ2v) is 4.59. The molecule has 3 heteroatoms. The van der Waals surface area contributed by atoms with E-state index in [-0.39, 0.29) is 5.78 Å². The van der Waals surface area contributed by atoms with E-state index >= 15 is 0 Å². The number of alkyl halides is 1. The predicted molar refractivity (Wildman–Crippen MR) is 65.2 cm³/mol. The van der Waals surface area contributed by atoms with Crippen molar-refractivity contribution < 1.29 is 4.79 Å². The molecule has 0 aromatic heterocycles. The van der Waals surface area contributed by atoms with Crippen LogP contribution in [0.3, 0.4) is 0 Å². The van der Waals surface area contributed by atoms with Gasteiger partial charge in [0.05, 0.1) is 0 Å². The summed E-state index contributed by atoms with van der Waals surface area (Å²) in [6.45, 7) is 1.63. The second kappa shape index (κ2) is 5.56.